The molecule has 5 nitrogen and oxygen atoms in total. The van der Waals surface area contributed by atoms with Crippen LogP contribution in [0, 0.1) is 11.7 Å². The van der Waals surface area contributed by atoms with Crippen LogP contribution < -0.4 is 10.1 Å². The van der Waals surface area contributed by atoms with E-state index < -0.39 is 0 Å². The summed E-state index contributed by atoms with van der Waals surface area (Å²) in [5, 5.41) is 2.84. The van der Waals surface area contributed by atoms with Gasteiger partial charge in [-0.1, -0.05) is 6.07 Å². The SMILES string of the molecule is CC(=O)NC(C)COC1(C)CCC(OCc2ccc(OCC3CC3)cc2F)CC1. The minimum absolute atomic E-state index is 0.00231. The van der Waals surface area contributed by atoms with Gasteiger partial charge in [-0.15, -0.1) is 0 Å². The van der Waals surface area contributed by atoms with Crippen molar-refractivity contribution in [2.24, 2.45) is 5.92 Å². The second kappa shape index (κ2) is 9.90. The number of halogens is 1. The maximum atomic E-state index is 14.3. The first-order chi connectivity index (χ1) is 13.8. The molecule has 2 aliphatic carbocycles. The molecule has 1 unspecified atom stereocenters. The van der Waals surface area contributed by atoms with Gasteiger partial charge in [0.05, 0.1) is 31.5 Å². The Hall–Kier alpha value is -1.66. The molecule has 0 aliphatic heterocycles. The highest BCUT2D eigenvalue weighted by molar-refractivity contribution is 5.73. The summed E-state index contributed by atoms with van der Waals surface area (Å²) in [6, 6.07) is 5.05. The first-order valence-electron chi connectivity index (χ1n) is 10.8. The molecule has 1 atom stereocenters. The van der Waals surface area contributed by atoms with E-state index in [9.17, 15) is 9.18 Å². The average Bonchev–Trinajstić information content (AvgIpc) is 3.50. The van der Waals surface area contributed by atoms with Crippen LogP contribution in [0.15, 0.2) is 18.2 Å². The predicted octanol–water partition coefficient (Wildman–Crippen LogP) is 4.37. The van der Waals surface area contributed by atoms with Gasteiger partial charge in [0, 0.05) is 24.6 Å². The number of nitrogens with one attached hydrogen (secondary N) is 1. The Bertz CT molecular complexity index is 683. The zero-order valence-corrected chi connectivity index (χ0v) is 17.8. The molecule has 0 bridgehead atoms. The molecule has 162 valence electrons. The lowest BCUT2D eigenvalue weighted by Gasteiger charge is -2.38. The van der Waals surface area contributed by atoms with Gasteiger partial charge in [-0.05, 0) is 64.4 Å². The van der Waals surface area contributed by atoms with Crippen molar-refractivity contribution in [2.75, 3.05) is 13.2 Å². The van der Waals surface area contributed by atoms with Gasteiger partial charge < -0.3 is 19.5 Å². The van der Waals surface area contributed by atoms with Crippen LogP contribution in [0.2, 0.25) is 0 Å². The first kappa shape index (κ1) is 22.0. The summed E-state index contributed by atoms with van der Waals surface area (Å²) < 4.78 is 32.0. The minimum Gasteiger partial charge on any atom is -0.493 e. The van der Waals surface area contributed by atoms with Crippen LogP contribution in [0.3, 0.4) is 0 Å². The van der Waals surface area contributed by atoms with Crippen LogP contribution in [-0.4, -0.2) is 36.9 Å². The van der Waals surface area contributed by atoms with Gasteiger partial charge in [0.1, 0.15) is 11.6 Å². The van der Waals surface area contributed by atoms with Crippen LogP contribution in [0.1, 0.15) is 64.9 Å². The zero-order chi connectivity index (χ0) is 20.9. The number of ether oxygens (including phenoxy) is 3. The number of carbonyl (C=O) groups is 1. The highest BCUT2D eigenvalue weighted by Crippen LogP contribution is 2.33. The second-order valence-corrected chi connectivity index (χ2v) is 8.88. The highest BCUT2D eigenvalue weighted by Gasteiger charge is 2.32. The van der Waals surface area contributed by atoms with Crippen molar-refractivity contribution in [3.63, 3.8) is 0 Å². The molecule has 0 saturated heterocycles. The van der Waals surface area contributed by atoms with Crippen LogP contribution in [-0.2, 0) is 20.9 Å². The van der Waals surface area contributed by atoms with E-state index in [0.29, 0.717) is 30.4 Å². The van der Waals surface area contributed by atoms with E-state index in [1.807, 2.05) is 13.0 Å². The number of amides is 1. The Morgan fingerprint density at radius 3 is 2.62 bits per heavy atom. The Balaban J connectivity index is 1.38. The molecule has 1 amide bonds. The summed E-state index contributed by atoms with van der Waals surface area (Å²) in [7, 11) is 0. The molecule has 0 spiro atoms. The molecular weight excluding hydrogens is 373 g/mol. The van der Waals surface area contributed by atoms with Crippen LogP contribution in [0.5, 0.6) is 5.75 Å². The Kier molecular flexibility index (Phi) is 7.52. The molecule has 2 aliphatic rings. The fourth-order valence-electron chi connectivity index (χ4n) is 3.67. The fraction of sp³-hybridized carbons (Fsp3) is 0.696. The smallest absolute Gasteiger partial charge is 0.217 e. The summed E-state index contributed by atoms with van der Waals surface area (Å²) >= 11 is 0. The maximum absolute atomic E-state index is 14.3. The first-order valence-corrected chi connectivity index (χ1v) is 10.8. The standard InChI is InChI=1S/C23H34FNO4/c1-16(25-17(2)26)13-29-23(3)10-8-20(9-11-23)28-15-19-6-7-21(12-22(19)24)27-14-18-4-5-18/h6-7,12,16,18,20H,4-5,8-11,13-15H2,1-3H3,(H,25,26). The third-order valence-electron chi connectivity index (χ3n) is 5.80. The summed E-state index contributed by atoms with van der Waals surface area (Å²) in [4.78, 5) is 11.1. The van der Waals surface area contributed by atoms with E-state index in [1.54, 1.807) is 6.07 Å². The highest BCUT2D eigenvalue weighted by atomic mass is 19.1. The largest absolute Gasteiger partial charge is 0.493 e. The molecule has 0 heterocycles. The predicted molar refractivity (Wildman–Crippen MR) is 109 cm³/mol. The summed E-state index contributed by atoms with van der Waals surface area (Å²) in [6.45, 7) is 7.03. The Morgan fingerprint density at radius 1 is 1.28 bits per heavy atom. The molecule has 6 heteroatoms. The monoisotopic (exact) mass is 407 g/mol. The fourth-order valence-corrected chi connectivity index (χ4v) is 3.67. The number of benzene rings is 1. The molecule has 29 heavy (non-hydrogen) atoms. The van der Waals surface area contributed by atoms with E-state index in [2.05, 4.69) is 12.2 Å². The van der Waals surface area contributed by atoms with E-state index >= 15 is 0 Å². The number of carbonyl (C=O) groups excluding carboxylic acids is 1. The molecule has 2 fully saturated rings. The minimum atomic E-state index is -0.269. The van der Waals surface area contributed by atoms with Gasteiger partial charge in [0.25, 0.3) is 0 Å². The van der Waals surface area contributed by atoms with Crippen molar-refractivity contribution in [3.8, 4) is 5.75 Å². The number of rotatable bonds is 10. The van der Waals surface area contributed by atoms with Crippen LogP contribution >= 0.6 is 0 Å². The van der Waals surface area contributed by atoms with Gasteiger partial charge in [0.2, 0.25) is 5.91 Å². The van der Waals surface area contributed by atoms with Crippen molar-refractivity contribution in [2.45, 2.75) is 83.6 Å². The topological polar surface area (TPSA) is 56.8 Å². The zero-order valence-electron chi connectivity index (χ0n) is 17.8. The molecule has 3 rings (SSSR count). The quantitative estimate of drug-likeness (QED) is 0.626. The van der Waals surface area contributed by atoms with Crippen LogP contribution in [0.25, 0.3) is 0 Å². The lowest BCUT2D eigenvalue weighted by Crippen LogP contribution is -2.41. The molecule has 0 aromatic heterocycles. The molecule has 1 aromatic rings. The normalized spacial score (nSPS) is 25.4. The third kappa shape index (κ3) is 7.27. The van der Waals surface area contributed by atoms with E-state index in [-0.39, 0.29) is 36.1 Å². The summed E-state index contributed by atoms with van der Waals surface area (Å²) in [5.41, 5.74) is 0.371. The van der Waals surface area contributed by atoms with Crippen molar-refractivity contribution >= 4 is 5.91 Å². The number of hydrogen-bond acceptors (Lipinski definition) is 4. The second-order valence-electron chi connectivity index (χ2n) is 8.88. The van der Waals surface area contributed by atoms with Gasteiger partial charge in [-0.3, -0.25) is 4.79 Å². The molecule has 1 N–H and O–H groups in total. The third-order valence-corrected chi connectivity index (χ3v) is 5.80. The maximum Gasteiger partial charge on any atom is 0.217 e. The average molecular weight is 408 g/mol. The van der Waals surface area contributed by atoms with E-state index in [4.69, 9.17) is 14.2 Å². The lowest BCUT2D eigenvalue weighted by molar-refractivity contribution is -0.122. The van der Waals surface area contributed by atoms with Gasteiger partial charge in [-0.2, -0.15) is 0 Å². The van der Waals surface area contributed by atoms with Gasteiger partial charge >= 0.3 is 0 Å². The molecule has 0 radical (unpaired) electrons. The van der Waals surface area contributed by atoms with Gasteiger partial charge in [0.15, 0.2) is 0 Å². The lowest BCUT2D eigenvalue weighted by atomic mass is 9.84. The van der Waals surface area contributed by atoms with Crippen molar-refractivity contribution in [1.29, 1.82) is 0 Å². The van der Waals surface area contributed by atoms with E-state index in [1.165, 1.54) is 25.8 Å². The van der Waals surface area contributed by atoms with Gasteiger partial charge in [-0.25, -0.2) is 4.39 Å². The molecular formula is C23H34FNO4. The van der Waals surface area contributed by atoms with Crippen molar-refractivity contribution in [3.05, 3.63) is 29.6 Å². The summed E-state index contributed by atoms with van der Waals surface area (Å²) in [5.74, 6) is 0.931. The number of hydrogen-bond donors (Lipinski definition) is 1. The van der Waals surface area contributed by atoms with Crippen LogP contribution in [0.4, 0.5) is 4.39 Å². The summed E-state index contributed by atoms with van der Waals surface area (Å²) in [6.07, 6.45) is 6.10. The Labute approximate surface area is 173 Å². The molecule has 1 aromatic carbocycles. The Morgan fingerprint density at radius 2 is 2.00 bits per heavy atom. The van der Waals surface area contributed by atoms with Crippen molar-refractivity contribution in [1.82, 2.24) is 5.32 Å². The molecule has 2 saturated carbocycles. The van der Waals surface area contributed by atoms with Crippen molar-refractivity contribution < 1.29 is 23.4 Å². The van der Waals surface area contributed by atoms with E-state index in [0.717, 1.165) is 25.7 Å².